The van der Waals surface area contributed by atoms with Crippen LogP contribution in [0.15, 0.2) is 66.7 Å². The van der Waals surface area contributed by atoms with Crippen molar-refractivity contribution in [3.8, 4) is 0 Å². The first-order valence-electron chi connectivity index (χ1n) is 12.8. The molecule has 0 aliphatic carbocycles. The Balaban J connectivity index is 1.56. The predicted octanol–water partition coefficient (Wildman–Crippen LogP) is 5.97. The summed E-state index contributed by atoms with van der Waals surface area (Å²) in [5, 5.41) is 0.483. The van der Waals surface area contributed by atoms with Crippen molar-refractivity contribution < 1.29 is 14.4 Å². The monoisotopic (exact) mass is 527 g/mol. The number of benzene rings is 3. The molecule has 6 rings (SSSR count). The van der Waals surface area contributed by atoms with Gasteiger partial charge in [-0.25, -0.2) is 0 Å². The molecule has 0 N–H and O–H groups in total. The van der Waals surface area contributed by atoms with Gasteiger partial charge in [0.2, 0.25) is 11.8 Å². The third kappa shape index (κ3) is 2.81. The van der Waals surface area contributed by atoms with Gasteiger partial charge in [0.1, 0.15) is 6.17 Å². The number of amides is 3. The predicted molar refractivity (Wildman–Crippen MR) is 149 cm³/mol. The number of hydrogen-bond donors (Lipinski definition) is 0. The van der Waals surface area contributed by atoms with Crippen LogP contribution in [0.3, 0.4) is 0 Å². The van der Waals surface area contributed by atoms with Crippen molar-refractivity contribution in [1.29, 1.82) is 0 Å². The standard InChI is InChI=1S/C31H30ClN3O3/c1-18-7-12-21(13-8-18)33-25(29(3,4)26(33)36)34-24-16-11-20(32)17-23(24)31(28(34)38)30(5,6)27(37)35(31)22-14-9-19(2)10-15-22/h7-17,25H,1-6H3/t25-,31+/m0/s1. The Morgan fingerprint density at radius 2 is 1.24 bits per heavy atom. The van der Waals surface area contributed by atoms with Gasteiger partial charge in [-0.15, -0.1) is 0 Å². The normalized spacial score (nSPS) is 25.0. The van der Waals surface area contributed by atoms with E-state index in [4.69, 9.17) is 11.6 Å². The SMILES string of the molecule is Cc1ccc(N2C(=O)C(C)(C)[C@@H]2N2C(=O)[C@@]3(c4cc(Cl)ccc42)N(c2ccc(C)cc2)C(=O)C3(C)C)cc1. The minimum absolute atomic E-state index is 0.0602. The Labute approximate surface area is 227 Å². The number of halogens is 1. The molecule has 0 saturated carbocycles. The van der Waals surface area contributed by atoms with E-state index in [1.165, 1.54) is 0 Å². The smallest absolute Gasteiger partial charge is 0.260 e. The molecule has 3 aromatic rings. The highest BCUT2D eigenvalue weighted by Gasteiger charge is 2.77. The van der Waals surface area contributed by atoms with Crippen molar-refractivity contribution in [2.45, 2.75) is 53.2 Å². The zero-order chi connectivity index (χ0) is 27.4. The van der Waals surface area contributed by atoms with Crippen LogP contribution in [0.5, 0.6) is 0 Å². The second-order valence-corrected chi connectivity index (χ2v) is 12.2. The van der Waals surface area contributed by atoms with Gasteiger partial charge < -0.3 is 0 Å². The average Bonchev–Trinajstić information content (AvgIpc) is 3.13. The maximum Gasteiger partial charge on any atom is 0.260 e. The molecule has 3 aliphatic heterocycles. The van der Waals surface area contributed by atoms with E-state index in [-0.39, 0.29) is 17.7 Å². The number of β-lactam (4-membered cyclic amide) rings is 2. The van der Waals surface area contributed by atoms with Crippen LogP contribution >= 0.6 is 11.6 Å². The number of carbonyl (C=O) groups excluding carboxylic acids is 3. The van der Waals surface area contributed by atoms with Crippen LogP contribution in [0.25, 0.3) is 0 Å². The highest BCUT2D eigenvalue weighted by Crippen LogP contribution is 2.64. The molecule has 0 radical (unpaired) electrons. The van der Waals surface area contributed by atoms with Gasteiger partial charge in [0, 0.05) is 22.0 Å². The zero-order valence-corrected chi connectivity index (χ0v) is 23.1. The second-order valence-electron chi connectivity index (χ2n) is 11.8. The van der Waals surface area contributed by atoms with Gasteiger partial charge in [-0.3, -0.25) is 29.1 Å². The minimum atomic E-state index is -1.30. The lowest BCUT2D eigenvalue weighted by molar-refractivity contribution is -0.154. The lowest BCUT2D eigenvalue weighted by Crippen LogP contribution is -2.80. The molecule has 0 unspecified atom stereocenters. The van der Waals surface area contributed by atoms with Crippen LogP contribution in [0.2, 0.25) is 5.02 Å². The highest BCUT2D eigenvalue weighted by atomic mass is 35.5. The highest BCUT2D eigenvalue weighted by molar-refractivity contribution is 6.32. The van der Waals surface area contributed by atoms with E-state index >= 15 is 0 Å². The molecule has 7 heteroatoms. The number of fused-ring (bicyclic) bond motifs is 2. The van der Waals surface area contributed by atoms with Gasteiger partial charge in [0.25, 0.3) is 5.91 Å². The van der Waals surface area contributed by atoms with E-state index in [1.54, 1.807) is 26.8 Å². The van der Waals surface area contributed by atoms with Crippen LogP contribution in [0.1, 0.15) is 44.4 Å². The molecule has 6 nitrogen and oxygen atoms in total. The summed E-state index contributed by atoms with van der Waals surface area (Å²) >= 11 is 6.52. The van der Waals surface area contributed by atoms with Crippen LogP contribution < -0.4 is 14.7 Å². The molecule has 3 aliphatic rings. The van der Waals surface area contributed by atoms with Crippen LogP contribution in [-0.2, 0) is 19.9 Å². The summed E-state index contributed by atoms with van der Waals surface area (Å²) in [6, 6.07) is 20.7. The third-order valence-electron chi connectivity index (χ3n) is 8.62. The largest absolute Gasteiger partial charge is 0.291 e. The molecule has 1 spiro atoms. The maximum atomic E-state index is 14.9. The van der Waals surface area contributed by atoms with Gasteiger partial charge >= 0.3 is 0 Å². The number of rotatable bonds is 3. The number of aryl methyl sites for hydroxylation is 2. The molecule has 2 saturated heterocycles. The number of anilines is 3. The van der Waals surface area contributed by atoms with Crippen molar-refractivity contribution in [1.82, 2.24) is 0 Å². The van der Waals surface area contributed by atoms with Gasteiger partial charge in [-0.05, 0) is 84.0 Å². The molecule has 3 aromatic carbocycles. The second kappa shape index (κ2) is 7.70. The third-order valence-corrected chi connectivity index (χ3v) is 8.86. The first kappa shape index (κ1) is 24.7. The molecular weight excluding hydrogens is 498 g/mol. The Morgan fingerprint density at radius 3 is 1.82 bits per heavy atom. The van der Waals surface area contributed by atoms with E-state index < -0.39 is 22.5 Å². The molecule has 3 heterocycles. The van der Waals surface area contributed by atoms with Crippen LogP contribution in [0, 0.1) is 24.7 Å². The van der Waals surface area contributed by atoms with Crippen LogP contribution in [0.4, 0.5) is 17.1 Å². The molecule has 2 atom stereocenters. The summed E-state index contributed by atoms with van der Waals surface area (Å²) < 4.78 is 0. The number of nitrogens with zero attached hydrogens (tertiary/aromatic N) is 3. The molecule has 3 amide bonds. The van der Waals surface area contributed by atoms with Gasteiger partial charge in [0.15, 0.2) is 5.54 Å². The summed E-state index contributed by atoms with van der Waals surface area (Å²) in [6.45, 7) is 11.4. The number of hydrogen-bond acceptors (Lipinski definition) is 3. The van der Waals surface area contributed by atoms with E-state index in [9.17, 15) is 14.4 Å². The Kier molecular flexibility index (Phi) is 5.00. The Morgan fingerprint density at radius 1 is 0.684 bits per heavy atom. The van der Waals surface area contributed by atoms with Crippen molar-refractivity contribution in [2.75, 3.05) is 14.7 Å². The maximum absolute atomic E-state index is 14.9. The summed E-state index contributed by atoms with van der Waals surface area (Å²) in [4.78, 5) is 47.1. The first-order chi connectivity index (χ1) is 17.8. The topological polar surface area (TPSA) is 60.9 Å². The van der Waals surface area contributed by atoms with Crippen molar-refractivity contribution in [2.24, 2.45) is 10.8 Å². The fourth-order valence-electron chi connectivity index (χ4n) is 6.48. The summed E-state index contributed by atoms with van der Waals surface area (Å²) in [7, 11) is 0. The fourth-order valence-corrected chi connectivity index (χ4v) is 6.65. The van der Waals surface area contributed by atoms with E-state index in [0.717, 1.165) is 16.8 Å². The average molecular weight is 528 g/mol. The van der Waals surface area contributed by atoms with Gasteiger partial charge in [0.05, 0.1) is 16.5 Å². The molecule has 0 bridgehead atoms. The van der Waals surface area contributed by atoms with Crippen LogP contribution in [-0.4, -0.2) is 23.9 Å². The first-order valence-corrected chi connectivity index (χ1v) is 13.2. The molecule has 0 aromatic heterocycles. The summed E-state index contributed by atoms with van der Waals surface area (Å²) in [5.74, 6) is -0.431. The Hall–Kier alpha value is -3.64. The van der Waals surface area contributed by atoms with Gasteiger partial charge in [-0.1, -0.05) is 47.0 Å². The van der Waals surface area contributed by atoms with Crippen molar-refractivity contribution in [3.63, 3.8) is 0 Å². The number of carbonyl (C=O) groups is 3. The molecule has 2 fully saturated rings. The molecule has 194 valence electrons. The van der Waals surface area contributed by atoms with Gasteiger partial charge in [-0.2, -0.15) is 0 Å². The summed E-state index contributed by atoms with van der Waals surface area (Å²) in [6.07, 6.45) is -0.573. The molecular formula is C31H30ClN3O3. The molecule has 38 heavy (non-hydrogen) atoms. The quantitative estimate of drug-likeness (QED) is 0.394. The Bertz CT molecular complexity index is 1530. The minimum Gasteiger partial charge on any atom is -0.291 e. The van der Waals surface area contributed by atoms with Crippen molar-refractivity contribution >= 4 is 46.4 Å². The van der Waals surface area contributed by atoms with Crippen molar-refractivity contribution in [3.05, 3.63) is 88.4 Å². The van der Waals surface area contributed by atoms with E-state index in [2.05, 4.69) is 0 Å². The van der Waals surface area contributed by atoms with E-state index in [1.807, 2.05) is 96.1 Å². The lowest BCUT2D eigenvalue weighted by Gasteiger charge is -2.61. The fraction of sp³-hybridized carbons (Fsp3) is 0.323. The summed E-state index contributed by atoms with van der Waals surface area (Å²) in [5.41, 5.74) is 1.70. The lowest BCUT2D eigenvalue weighted by atomic mass is 9.59. The zero-order valence-electron chi connectivity index (χ0n) is 22.4. The van der Waals surface area contributed by atoms with E-state index in [0.29, 0.717) is 22.0 Å².